The van der Waals surface area contributed by atoms with E-state index in [1.54, 1.807) is 37.7 Å². The number of rotatable bonds is 5. The third-order valence-corrected chi connectivity index (χ3v) is 5.11. The lowest BCUT2D eigenvalue weighted by atomic mass is 10.1. The van der Waals surface area contributed by atoms with Crippen LogP contribution in [0.5, 0.6) is 0 Å². The molecule has 0 spiro atoms. The van der Waals surface area contributed by atoms with Gasteiger partial charge in [0.1, 0.15) is 0 Å². The van der Waals surface area contributed by atoms with Crippen molar-refractivity contribution in [2.24, 2.45) is 5.92 Å². The second kappa shape index (κ2) is 6.52. The van der Waals surface area contributed by atoms with Gasteiger partial charge in [-0.25, -0.2) is 8.42 Å². The number of aromatic nitrogens is 3. The Hall–Kier alpha value is -2.55. The summed E-state index contributed by atoms with van der Waals surface area (Å²) >= 11 is 0. The summed E-state index contributed by atoms with van der Waals surface area (Å²) in [5.74, 6) is 0.273. The van der Waals surface area contributed by atoms with Gasteiger partial charge in [0.15, 0.2) is 9.84 Å². The minimum absolute atomic E-state index is 0.0146. The molecule has 24 heavy (non-hydrogen) atoms. The Morgan fingerprint density at radius 1 is 1.38 bits per heavy atom. The van der Waals surface area contributed by atoms with E-state index in [0.717, 1.165) is 5.56 Å². The lowest BCUT2D eigenvalue weighted by molar-refractivity contribution is -0.131. The van der Waals surface area contributed by atoms with E-state index in [1.807, 2.05) is 0 Å². The molecule has 1 unspecified atom stereocenters. The molecule has 0 bridgehead atoms. The molecule has 8 nitrogen and oxygen atoms in total. The molecule has 1 atom stereocenters. The topological polar surface area (TPSA) is 106 Å². The fourth-order valence-corrected chi connectivity index (χ4v) is 3.77. The first-order valence-corrected chi connectivity index (χ1v) is 9.02. The van der Waals surface area contributed by atoms with Gasteiger partial charge in [-0.2, -0.15) is 4.98 Å². The van der Waals surface area contributed by atoms with Crippen LogP contribution >= 0.6 is 0 Å². The summed E-state index contributed by atoms with van der Waals surface area (Å²) in [4.78, 5) is 21.8. The van der Waals surface area contributed by atoms with E-state index in [2.05, 4.69) is 15.1 Å². The standard InChI is InChI=1S/C15H16N4O4S/c1-19(14(20)8-11-4-7-24(21,22)10-11)9-13-17-15(18-23-13)12-2-5-16-6-3-12/h2-7,11H,8-10H2,1H3. The largest absolute Gasteiger partial charge is 0.337 e. The molecular formula is C15H16N4O4S. The van der Waals surface area contributed by atoms with E-state index in [1.165, 1.54) is 10.3 Å². The molecule has 2 aromatic rings. The quantitative estimate of drug-likeness (QED) is 0.794. The van der Waals surface area contributed by atoms with Crippen LogP contribution in [0.15, 0.2) is 40.5 Å². The molecular weight excluding hydrogens is 332 g/mol. The zero-order chi connectivity index (χ0) is 17.2. The van der Waals surface area contributed by atoms with Crippen LogP contribution in [-0.2, 0) is 21.2 Å². The maximum absolute atomic E-state index is 12.2. The normalized spacial score (nSPS) is 18.6. The van der Waals surface area contributed by atoms with Crippen LogP contribution in [0.4, 0.5) is 0 Å². The average molecular weight is 348 g/mol. The van der Waals surface area contributed by atoms with Crippen molar-refractivity contribution in [3.05, 3.63) is 41.9 Å². The molecule has 0 fully saturated rings. The molecule has 3 heterocycles. The second-order valence-electron chi connectivity index (χ2n) is 5.62. The molecule has 0 N–H and O–H groups in total. The molecule has 1 aliphatic rings. The van der Waals surface area contributed by atoms with Crippen LogP contribution in [0.3, 0.4) is 0 Å². The number of amides is 1. The molecule has 0 aromatic carbocycles. The molecule has 1 amide bonds. The van der Waals surface area contributed by atoms with Crippen molar-refractivity contribution < 1.29 is 17.7 Å². The molecule has 126 valence electrons. The fourth-order valence-electron chi connectivity index (χ4n) is 2.38. The summed E-state index contributed by atoms with van der Waals surface area (Å²) in [6.45, 7) is 0.167. The van der Waals surface area contributed by atoms with Crippen molar-refractivity contribution in [1.82, 2.24) is 20.0 Å². The SMILES string of the molecule is CN(Cc1nc(-c2ccncc2)no1)C(=O)CC1C=CS(=O)(=O)C1. The first-order valence-electron chi connectivity index (χ1n) is 7.31. The maximum Gasteiger partial charge on any atom is 0.246 e. The van der Waals surface area contributed by atoms with Crippen molar-refractivity contribution >= 4 is 15.7 Å². The molecule has 3 rings (SSSR count). The maximum atomic E-state index is 12.2. The number of nitrogens with zero attached hydrogens (tertiary/aromatic N) is 4. The van der Waals surface area contributed by atoms with Gasteiger partial charge in [-0.15, -0.1) is 0 Å². The van der Waals surface area contributed by atoms with Gasteiger partial charge in [-0.1, -0.05) is 11.2 Å². The van der Waals surface area contributed by atoms with Crippen LogP contribution in [0.25, 0.3) is 11.4 Å². The van der Waals surface area contributed by atoms with Crippen molar-refractivity contribution in [3.8, 4) is 11.4 Å². The van der Waals surface area contributed by atoms with Gasteiger partial charge in [0.05, 0.1) is 12.3 Å². The Balaban J connectivity index is 1.59. The van der Waals surface area contributed by atoms with E-state index < -0.39 is 9.84 Å². The van der Waals surface area contributed by atoms with E-state index in [-0.39, 0.29) is 30.5 Å². The second-order valence-corrected chi connectivity index (χ2v) is 7.55. The highest BCUT2D eigenvalue weighted by molar-refractivity contribution is 7.94. The number of sulfone groups is 1. The van der Waals surface area contributed by atoms with Crippen LogP contribution in [0, 0.1) is 5.92 Å². The minimum Gasteiger partial charge on any atom is -0.337 e. The number of hydrogen-bond acceptors (Lipinski definition) is 7. The summed E-state index contributed by atoms with van der Waals surface area (Å²) in [6, 6.07) is 3.52. The van der Waals surface area contributed by atoms with Crippen LogP contribution in [0.2, 0.25) is 0 Å². The monoisotopic (exact) mass is 348 g/mol. The smallest absolute Gasteiger partial charge is 0.246 e. The van der Waals surface area contributed by atoms with Gasteiger partial charge in [0.25, 0.3) is 0 Å². The number of carbonyl (C=O) groups is 1. The fraction of sp³-hybridized carbons (Fsp3) is 0.333. The lowest BCUT2D eigenvalue weighted by Crippen LogP contribution is -2.28. The van der Waals surface area contributed by atoms with Gasteiger partial charge >= 0.3 is 0 Å². The van der Waals surface area contributed by atoms with Gasteiger partial charge in [0, 0.05) is 42.8 Å². The third-order valence-electron chi connectivity index (χ3n) is 3.65. The number of carbonyl (C=O) groups excluding carboxylic acids is 1. The molecule has 0 saturated heterocycles. The van der Waals surface area contributed by atoms with Gasteiger partial charge in [-0.3, -0.25) is 9.78 Å². The molecule has 9 heteroatoms. The Labute approximate surface area is 139 Å². The highest BCUT2D eigenvalue weighted by atomic mass is 32.2. The van der Waals surface area contributed by atoms with Crippen LogP contribution < -0.4 is 0 Å². The Bertz CT molecular complexity index is 861. The summed E-state index contributed by atoms with van der Waals surface area (Å²) in [5, 5.41) is 5.05. The van der Waals surface area contributed by atoms with E-state index in [9.17, 15) is 13.2 Å². The predicted molar refractivity (Wildman–Crippen MR) is 85.0 cm³/mol. The summed E-state index contributed by atoms with van der Waals surface area (Å²) in [5.41, 5.74) is 0.773. The van der Waals surface area contributed by atoms with Crippen LogP contribution in [-0.4, -0.2) is 47.2 Å². The summed E-state index contributed by atoms with van der Waals surface area (Å²) in [6.07, 6.45) is 4.96. The lowest BCUT2D eigenvalue weighted by Gasteiger charge is -2.16. The molecule has 0 radical (unpaired) electrons. The Kier molecular flexibility index (Phi) is 4.43. The van der Waals surface area contributed by atoms with Crippen molar-refractivity contribution in [2.75, 3.05) is 12.8 Å². The molecule has 0 aliphatic carbocycles. The highest BCUT2D eigenvalue weighted by Gasteiger charge is 2.25. The third kappa shape index (κ3) is 3.85. The van der Waals surface area contributed by atoms with Gasteiger partial charge in [-0.05, 0) is 12.1 Å². The average Bonchev–Trinajstić information content (AvgIpc) is 3.14. The van der Waals surface area contributed by atoms with E-state index in [0.29, 0.717) is 11.7 Å². The summed E-state index contributed by atoms with van der Waals surface area (Å²) in [7, 11) is -1.53. The molecule has 2 aromatic heterocycles. The summed E-state index contributed by atoms with van der Waals surface area (Å²) < 4.78 is 27.9. The highest BCUT2D eigenvalue weighted by Crippen LogP contribution is 2.20. The number of hydrogen-bond donors (Lipinski definition) is 0. The minimum atomic E-state index is -3.15. The van der Waals surface area contributed by atoms with Crippen LogP contribution in [0.1, 0.15) is 12.3 Å². The first kappa shape index (κ1) is 16.3. The first-order chi connectivity index (χ1) is 11.4. The zero-order valence-electron chi connectivity index (χ0n) is 13.0. The predicted octanol–water partition coefficient (Wildman–Crippen LogP) is 1.04. The van der Waals surface area contributed by atoms with Gasteiger partial charge < -0.3 is 9.42 Å². The van der Waals surface area contributed by atoms with E-state index >= 15 is 0 Å². The van der Waals surface area contributed by atoms with Crippen molar-refractivity contribution in [1.29, 1.82) is 0 Å². The Morgan fingerprint density at radius 3 is 2.79 bits per heavy atom. The van der Waals surface area contributed by atoms with Crippen molar-refractivity contribution in [3.63, 3.8) is 0 Å². The number of pyridine rings is 1. The molecule has 1 aliphatic heterocycles. The van der Waals surface area contributed by atoms with Gasteiger partial charge in [0.2, 0.25) is 17.6 Å². The number of allylic oxidation sites excluding steroid dienone is 1. The van der Waals surface area contributed by atoms with E-state index in [4.69, 9.17) is 4.52 Å². The Morgan fingerprint density at radius 2 is 2.12 bits per heavy atom. The van der Waals surface area contributed by atoms with Crippen molar-refractivity contribution in [2.45, 2.75) is 13.0 Å². The molecule has 0 saturated carbocycles. The zero-order valence-corrected chi connectivity index (χ0v) is 13.8.